The normalized spacial score (nSPS) is 16.8. The minimum atomic E-state index is -0.380. The quantitative estimate of drug-likeness (QED) is 0.546. The molecular weight excluding hydrogens is 390 g/mol. The molecule has 1 atom stereocenters. The largest absolute Gasteiger partial charge is 0.496 e. The SMILES string of the molecule is COc1ccccc1/C=N\N1C(=O)CN(Cc2ccccc2)[C@H]1c1ccccc1OC. The van der Waals surface area contributed by atoms with Crippen molar-refractivity contribution in [2.45, 2.75) is 12.7 Å². The minimum Gasteiger partial charge on any atom is -0.496 e. The Hall–Kier alpha value is -3.64. The third-order valence-electron chi connectivity index (χ3n) is 5.28. The average Bonchev–Trinajstić information content (AvgIpc) is 3.12. The van der Waals surface area contributed by atoms with E-state index in [9.17, 15) is 4.79 Å². The van der Waals surface area contributed by atoms with Gasteiger partial charge in [-0.15, -0.1) is 0 Å². The first kappa shape index (κ1) is 20.6. The fraction of sp³-hybridized carbons (Fsp3) is 0.200. The van der Waals surface area contributed by atoms with Crippen LogP contribution in [-0.4, -0.2) is 42.8 Å². The van der Waals surface area contributed by atoms with Crippen molar-refractivity contribution >= 4 is 12.1 Å². The lowest BCUT2D eigenvalue weighted by atomic mass is 10.1. The van der Waals surface area contributed by atoms with Crippen LogP contribution in [-0.2, 0) is 11.3 Å². The van der Waals surface area contributed by atoms with Crippen molar-refractivity contribution in [3.05, 3.63) is 95.6 Å². The summed E-state index contributed by atoms with van der Waals surface area (Å²) in [6.07, 6.45) is 1.29. The maximum absolute atomic E-state index is 13.0. The van der Waals surface area contributed by atoms with E-state index in [1.807, 2.05) is 66.7 Å². The van der Waals surface area contributed by atoms with E-state index in [1.54, 1.807) is 20.4 Å². The van der Waals surface area contributed by atoms with Crippen molar-refractivity contribution in [2.24, 2.45) is 5.10 Å². The fourth-order valence-corrected chi connectivity index (χ4v) is 3.82. The molecule has 4 rings (SSSR count). The number of hydrogen-bond donors (Lipinski definition) is 0. The second kappa shape index (κ2) is 9.45. The van der Waals surface area contributed by atoms with Gasteiger partial charge in [0.05, 0.1) is 27.0 Å². The van der Waals surface area contributed by atoms with Crippen molar-refractivity contribution in [3.63, 3.8) is 0 Å². The summed E-state index contributed by atoms with van der Waals surface area (Å²) in [5.74, 6) is 1.35. The minimum absolute atomic E-state index is 0.0713. The Balaban J connectivity index is 1.71. The highest BCUT2D eigenvalue weighted by atomic mass is 16.5. The lowest BCUT2D eigenvalue weighted by molar-refractivity contribution is -0.128. The summed E-state index contributed by atoms with van der Waals surface area (Å²) in [6, 6.07) is 25.4. The van der Waals surface area contributed by atoms with Gasteiger partial charge < -0.3 is 9.47 Å². The Morgan fingerprint density at radius 3 is 2.29 bits per heavy atom. The molecule has 1 heterocycles. The Morgan fingerprint density at radius 2 is 1.55 bits per heavy atom. The van der Waals surface area contributed by atoms with Crippen LogP contribution in [0, 0.1) is 0 Å². The molecule has 6 heteroatoms. The van der Waals surface area contributed by atoms with Gasteiger partial charge in [-0.05, 0) is 23.8 Å². The molecule has 0 aromatic heterocycles. The zero-order valence-corrected chi connectivity index (χ0v) is 17.6. The first-order valence-electron chi connectivity index (χ1n) is 10.1. The summed E-state index contributed by atoms with van der Waals surface area (Å²) in [5.41, 5.74) is 2.83. The molecule has 0 aliphatic carbocycles. The van der Waals surface area contributed by atoms with E-state index in [1.165, 1.54) is 5.01 Å². The van der Waals surface area contributed by atoms with Crippen molar-refractivity contribution in [2.75, 3.05) is 20.8 Å². The molecule has 1 fully saturated rings. The first-order valence-corrected chi connectivity index (χ1v) is 10.1. The van der Waals surface area contributed by atoms with Gasteiger partial charge in [-0.3, -0.25) is 9.69 Å². The van der Waals surface area contributed by atoms with E-state index in [0.29, 0.717) is 12.3 Å². The highest BCUT2D eigenvalue weighted by Crippen LogP contribution is 2.37. The molecule has 0 bridgehead atoms. The van der Waals surface area contributed by atoms with E-state index in [4.69, 9.17) is 9.47 Å². The van der Waals surface area contributed by atoms with Gasteiger partial charge in [0, 0.05) is 17.7 Å². The summed E-state index contributed by atoms with van der Waals surface area (Å²) in [4.78, 5) is 15.1. The molecule has 1 saturated heterocycles. The van der Waals surface area contributed by atoms with Crippen LogP contribution >= 0.6 is 0 Å². The third kappa shape index (κ3) is 4.44. The molecule has 3 aromatic carbocycles. The maximum Gasteiger partial charge on any atom is 0.258 e. The van der Waals surface area contributed by atoms with Crippen LogP contribution in [0.4, 0.5) is 0 Å². The van der Waals surface area contributed by atoms with Crippen LogP contribution in [0.3, 0.4) is 0 Å². The lowest BCUT2D eigenvalue weighted by Crippen LogP contribution is -2.29. The van der Waals surface area contributed by atoms with Gasteiger partial charge in [0.2, 0.25) is 0 Å². The molecule has 1 amide bonds. The van der Waals surface area contributed by atoms with E-state index in [-0.39, 0.29) is 18.6 Å². The van der Waals surface area contributed by atoms with Crippen LogP contribution in [0.1, 0.15) is 22.9 Å². The van der Waals surface area contributed by atoms with E-state index in [0.717, 1.165) is 22.4 Å². The number of amides is 1. The summed E-state index contributed by atoms with van der Waals surface area (Å²) < 4.78 is 11.0. The molecule has 0 N–H and O–H groups in total. The molecule has 31 heavy (non-hydrogen) atoms. The topological polar surface area (TPSA) is 54.4 Å². The number of methoxy groups -OCH3 is 2. The Bertz CT molecular complexity index is 1070. The van der Waals surface area contributed by atoms with Crippen molar-refractivity contribution in [3.8, 4) is 11.5 Å². The Kier molecular flexibility index (Phi) is 6.29. The van der Waals surface area contributed by atoms with E-state index < -0.39 is 0 Å². The summed E-state index contributed by atoms with van der Waals surface area (Å²) in [5, 5.41) is 6.12. The second-order valence-electron chi connectivity index (χ2n) is 7.23. The Morgan fingerprint density at radius 1 is 0.903 bits per heavy atom. The van der Waals surface area contributed by atoms with E-state index >= 15 is 0 Å². The van der Waals surface area contributed by atoms with Crippen molar-refractivity contribution in [1.29, 1.82) is 0 Å². The molecule has 0 radical (unpaired) electrons. The van der Waals surface area contributed by atoms with Crippen LogP contribution in [0.25, 0.3) is 0 Å². The van der Waals surface area contributed by atoms with E-state index in [2.05, 4.69) is 22.1 Å². The molecule has 0 unspecified atom stereocenters. The fourth-order valence-electron chi connectivity index (χ4n) is 3.82. The number of hydrogen-bond acceptors (Lipinski definition) is 5. The van der Waals surface area contributed by atoms with Gasteiger partial charge in [-0.2, -0.15) is 5.10 Å². The number of benzene rings is 3. The lowest BCUT2D eigenvalue weighted by Gasteiger charge is -2.28. The molecular formula is C25H25N3O3. The van der Waals surface area contributed by atoms with Gasteiger partial charge >= 0.3 is 0 Å². The summed E-state index contributed by atoms with van der Waals surface area (Å²) in [7, 11) is 3.26. The standard InChI is InChI=1S/C25H25N3O3/c1-30-22-14-8-6-12-20(22)16-26-28-24(29)18-27(17-19-10-4-3-5-11-19)25(28)21-13-7-9-15-23(21)31-2/h3-16,25H,17-18H2,1-2H3/b26-16-/t25-/m1/s1. The van der Waals surface area contributed by atoms with Crippen LogP contribution in [0.5, 0.6) is 11.5 Å². The van der Waals surface area contributed by atoms with Gasteiger partial charge in [0.15, 0.2) is 0 Å². The van der Waals surface area contributed by atoms with Gasteiger partial charge in [0.1, 0.15) is 17.7 Å². The highest BCUT2D eigenvalue weighted by molar-refractivity contribution is 5.86. The average molecular weight is 415 g/mol. The highest BCUT2D eigenvalue weighted by Gasteiger charge is 2.40. The molecule has 158 valence electrons. The van der Waals surface area contributed by atoms with Crippen LogP contribution < -0.4 is 9.47 Å². The number of para-hydroxylation sites is 2. The van der Waals surface area contributed by atoms with Gasteiger partial charge in [0.25, 0.3) is 5.91 Å². The molecule has 0 saturated carbocycles. The number of hydrazone groups is 1. The Labute approximate surface area is 182 Å². The number of carbonyl (C=O) groups excluding carboxylic acids is 1. The number of carbonyl (C=O) groups is 1. The molecule has 0 spiro atoms. The second-order valence-corrected chi connectivity index (χ2v) is 7.23. The summed E-state index contributed by atoms with van der Waals surface area (Å²) >= 11 is 0. The van der Waals surface area contributed by atoms with Gasteiger partial charge in [-0.1, -0.05) is 60.7 Å². The molecule has 1 aliphatic rings. The molecule has 6 nitrogen and oxygen atoms in total. The zero-order chi connectivity index (χ0) is 21.6. The van der Waals surface area contributed by atoms with Crippen LogP contribution in [0.2, 0.25) is 0 Å². The molecule has 3 aromatic rings. The molecule has 1 aliphatic heterocycles. The zero-order valence-electron chi connectivity index (χ0n) is 17.6. The first-order chi connectivity index (χ1) is 15.2. The predicted molar refractivity (Wildman–Crippen MR) is 120 cm³/mol. The van der Waals surface area contributed by atoms with Crippen LogP contribution in [0.15, 0.2) is 84.0 Å². The monoisotopic (exact) mass is 415 g/mol. The number of rotatable bonds is 7. The number of ether oxygens (including phenoxy) is 2. The smallest absolute Gasteiger partial charge is 0.258 e. The summed E-state index contributed by atoms with van der Waals surface area (Å²) in [6.45, 7) is 0.886. The van der Waals surface area contributed by atoms with Gasteiger partial charge in [-0.25, -0.2) is 5.01 Å². The van der Waals surface area contributed by atoms with Crippen molar-refractivity contribution in [1.82, 2.24) is 9.91 Å². The van der Waals surface area contributed by atoms with Crippen molar-refractivity contribution < 1.29 is 14.3 Å². The number of nitrogens with zero attached hydrogens (tertiary/aromatic N) is 3. The third-order valence-corrected chi connectivity index (χ3v) is 5.28. The predicted octanol–water partition coefficient (Wildman–Crippen LogP) is 4.08. The maximum atomic E-state index is 13.0.